The van der Waals surface area contributed by atoms with Crippen molar-refractivity contribution in [3.63, 3.8) is 0 Å². The summed E-state index contributed by atoms with van der Waals surface area (Å²) in [6, 6.07) is 30.3. The van der Waals surface area contributed by atoms with Gasteiger partial charge in [0.15, 0.2) is 0 Å². The number of nitrogens with one attached hydrogen (secondary N) is 1. The largest absolute Gasteiger partial charge is 0.496 e. The first kappa shape index (κ1) is 32.5. The van der Waals surface area contributed by atoms with Gasteiger partial charge in [-0.2, -0.15) is 0 Å². The maximum atomic E-state index is 14.1. The van der Waals surface area contributed by atoms with Crippen LogP contribution in [-0.2, 0) is 28.9 Å². The molecular weight excluding hydrogens is 576 g/mol. The summed E-state index contributed by atoms with van der Waals surface area (Å²) in [4.78, 5) is 43.1. The highest BCUT2D eigenvalue weighted by Gasteiger charge is 2.41. The summed E-state index contributed by atoms with van der Waals surface area (Å²) >= 11 is 0. The molecule has 0 spiro atoms. The van der Waals surface area contributed by atoms with Gasteiger partial charge in [0.1, 0.15) is 17.5 Å². The lowest BCUT2D eigenvalue weighted by atomic mass is 9.98. The fourth-order valence-corrected chi connectivity index (χ4v) is 6.28. The lowest BCUT2D eigenvalue weighted by Crippen LogP contribution is -2.52. The molecule has 4 aromatic carbocycles. The number of Topliss-reactive ketones (excluding diaryl/α,β-unsaturated/α-hetero) is 1. The molecule has 5 rings (SSSR count). The number of nitrogens with zero attached hydrogens (tertiary/aromatic N) is 1. The lowest BCUT2D eigenvalue weighted by Gasteiger charge is -2.27. The van der Waals surface area contributed by atoms with Crippen molar-refractivity contribution < 1.29 is 23.9 Å². The number of hydrogen-bond donors (Lipinski definition) is 1. The van der Waals surface area contributed by atoms with Gasteiger partial charge in [-0.15, -0.1) is 0 Å². The minimum absolute atomic E-state index is 0.0677. The Labute approximate surface area is 271 Å². The topological polar surface area (TPSA) is 84.9 Å². The van der Waals surface area contributed by atoms with Crippen LogP contribution in [0.15, 0.2) is 97.1 Å². The zero-order valence-corrected chi connectivity index (χ0v) is 26.8. The molecule has 0 unspecified atom stereocenters. The number of ketones is 1. The van der Waals surface area contributed by atoms with Crippen LogP contribution in [0.5, 0.6) is 11.5 Å². The number of fused-ring (bicyclic) bond motifs is 1. The second-order valence-electron chi connectivity index (χ2n) is 11.8. The number of methoxy groups -OCH3 is 2. The molecule has 0 fully saturated rings. The molecule has 1 atom stereocenters. The molecule has 0 saturated carbocycles. The summed E-state index contributed by atoms with van der Waals surface area (Å²) in [7, 11) is 3.01. The van der Waals surface area contributed by atoms with E-state index in [0.717, 1.165) is 49.7 Å². The van der Waals surface area contributed by atoms with Crippen LogP contribution >= 0.6 is 0 Å². The van der Waals surface area contributed by atoms with E-state index in [9.17, 15) is 14.4 Å². The number of hydrogen-bond acceptors (Lipinski definition) is 5. The van der Waals surface area contributed by atoms with Gasteiger partial charge in [0.25, 0.3) is 11.7 Å². The van der Waals surface area contributed by atoms with Gasteiger partial charge in [-0.25, -0.2) is 0 Å². The molecule has 1 aliphatic rings. The van der Waals surface area contributed by atoms with Crippen LogP contribution in [0.3, 0.4) is 0 Å². The number of carbonyl (C=O) groups excluding carboxylic acids is 3. The minimum Gasteiger partial charge on any atom is -0.496 e. The molecule has 7 nitrogen and oxygen atoms in total. The molecule has 0 saturated heterocycles. The predicted molar refractivity (Wildman–Crippen MR) is 181 cm³/mol. The zero-order chi connectivity index (χ0) is 32.5. The highest BCUT2D eigenvalue weighted by molar-refractivity contribution is 6.48. The van der Waals surface area contributed by atoms with E-state index in [2.05, 4.69) is 29.6 Å². The third kappa shape index (κ3) is 7.65. The van der Waals surface area contributed by atoms with Crippen molar-refractivity contribution in [1.29, 1.82) is 0 Å². The number of amides is 2. The number of benzene rings is 4. The zero-order valence-electron chi connectivity index (χ0n) is 26.8. The maximum absolute atomic E-state index is 14.1. The van der Waals surface area contributed by atoms with Crippen molar-refractivity contribution in [3.8, 4) is 11.5 Å². The Morgan fingerprint density at radius 2 is 1.30 bits per heavy atom. The highest BCUT2D eigenvalue weighted by Crippen LogP contribution is 2.34. The summed E-state index contributed by atoms with van der Waals surface area (Å²) in [6.45, 7) is 1.82. The fourth-order valence-electron chi connectivity index (χ4n) is 6.28. The molecule has 238 valence electrons. The van der Waals surface area contributed by atoms with Crippen molar-refractivity contribution in [2.45, 2.75) is 64.0 Å². The van der Waals surface area contributed by atoms with Gasteiger partial charge >= 0.3 is 0 Å². The molecule has 1 N–H and O–H groups in total. The second-order valence-corrected chi connectivity index (χ2v) is 11.8. The van der Waals surface area contributed by atoms with E-state index in [1.807, 2.05) is 61.5 Å². The number of carbonyl (C=O) groups is 3. The molecule has 0 bridgehead atoms. The van der Waals surface area contributed by atoms with Crippen LogP contribution in [0.2, 0.25) is 0 Å². The van der Waals surface area contributed by atoms with E-state index in [0.29, 0.717) is 23.6 Å². The molecule has 2 amide bonds. The Hall–Kier alpha value is -4.91. The number of para-hydroxylation sites is 1. The van der Waals surface area contributed by atoms with Gasteiger partial charge in [-0.05, 0) is 80.3 Å². The van der Waals surface area contributed by atoms with Crippen LogP contribution in [0.4, 0.5) is 5.69 Å². The minimum atomic E-state index is -0.839. The van der Waals surface area contributed by atoms with Gasteiger partial charge in [0, 0.05) is 29.3 Å². The maximum Gasteiger partial charge on any atom is 0.300 e. The van der Waals surface area contributed by atoms with Gasteiger partial charge < -0.3 is 14.8 Å². The van der Waals surface area contributed by atoms with Crippen molar-refractivity contribution in [3.05, 3.63) is 125 Å². The van der Waals surface area contributed by atoms with Crippen LogP contribution < -0.4 is 19.7 Å². The molecule has 1 heterocycles. The molecule has 0 aliphatic carbocycles. The normalized spacial score (nSPS) is 13.7. The van der Waals surface area contributed by atoms with Crippen LogP contribution in [0.25, 0.3) is 0 Å². The van der Waals surface area contributed by atoms with E-state index in [1.165, 1.54) is 30.2 Å². The van der Waals surface area contributed by atoms with E-state index in [-0.39, 0.29) is 17.5 Å². The summed E-state index contributed by atoms with van der Waals surface area (Å²) < 4.78 is 10.9. The Kier molecular flexibility index (Phi) is 10.9. The molecule has 4 aromatic rings. The Balaban J connectivity index is 1.34. The third-order valence-electron chi connectivity index (χ3n) is 8.77. The summed E-state index contributed by atoms with van der Waals surface area (Å²) in [5, 5.41) is 3.29. The van der Waals surface area contributed by atoms with Gasteiger partial charge in [-0.3, -0.25) is 19.3 Å². The molecule has 0 aromatic heterocycles. The van der Waals surface area contributed by atoms with Crippen LogP contribution in [0.1, 0.15) is 58.3 Å². The number of rotatable bonds is 14. The van der Waals surface area contributed by atoms with Crippen molar-refractivity contribution in [2.75, 3.05) is 19.1 Å². The second kappa shape index (κ2) is 15.4. The SMILES string of the molecule is COc1cc(C(=O)C(=O)N2c3ccccc3C[C@H]2C(=O)NC(CCCc2ccccc2)CCCc2ccccc2)cc(OC)c1C. The van der Waals surface area contributed by atoms with Crippen molar-refractivity contribution in [2.24, 2.45) is 0 Å². The van der Waals surface area contributed by atoms with E-state index in [1.54, 1.807) is 18.2 Å². The first-order valence-electron chi connectivity index (χ1n) is 16.0. The standard InChI is InChI=1S/C39H42N2O5/c1-27-35(45-2)25-31(26-36(27)46-3)37(42)39(44)41-33-23-11-10-20-30(33)24-34(41)38(43)40-32(21-12-18-28-14-6-4-7-15-28)22-13-19-29-16-8-5-9-17-29/h4-11,14-17,20,23,25-26,32,34H,12-13,18-19,21-22,24H2,1-3H3,(H,40,43)/t34-/m0/s1. The van der Waals surface area contributed by atoms with Crippen LogP contribution in [-0.4, -0.2) is 43.9 Å². The molecule has 46 heavy (non-hydrogen) atoms. The van der Waals surface area contributed by atoms with Gasteiger partial charge in [0.2, 0.25) is 5.91 Å². The smallest absolute Gasteiger partial charge is 0.300 e. The van der Waals surface area contributed by atoms with E-state index < -0.39 is 17.7 Å². The number of anilines is 1. The van der Waals surface area contributed by atoms with E-state index >= 15 is 0 Å². The number of aryl methyl sites for hydroxylation is 2. The Bertz CT molecular complexity index is 1580. The van der Waals surface area contributed by atoms with Crippen LogP contribution in [0, 0.1) is 6.92 Å². The first-order valence-corrected chi connectivity index (χ1v) is 16.0. The summed E-state index contributed by atoms with van der Waals surface area (Å²) in [6.07, 6.45) is 5.64. The van der Waals surface area contributed by atoms with Crippen molar-refractivity contribution >= 4 is 23.3 Å². The van der Waals surface area contributed by atoms with Gasteiger partial charge in [-0.1, -0.05) is 78.9 Å². The first-order chi connectivity index (χ1) is 22.4. The predicted octanol–water partition coefficient (Wildman–Crippen LogP) is 6.68. The highest BCUT2D eigenvalue weighted by atomic mass is 16.5. The molecule has 1 aliphatic heterocycles. The Morgan fingerprint density at radius 3 is 1.85 bits per heavy atom. The Morgan fingerprint density at radius 1 is 0.783 bits per heavy atom. The van der Waals surface area contributed by atoms with E-state index in [4.69, 9.17) is 9.47 Å². The molecule has 0 radical (unpaired) electrons. The summed E-state index contributed by atoms with van der Waals surface area (Å²) in [5.41, 5.74) is 4.84. The third-order valence-corrected chi connectivity index (χ3v) is 8.77. The molecule has 7 heteroatoms. The monoisotopic (exact) mass is 618 g/mol. The molecular formula is C39H42N2O5. The summed E-state index contributed by atoms with van der Waals surface area (Å²) in [5.74, 6) is -0.849. The average Bonchev–Trinajstić information content (AvgIpc) is 3.48. The van der Waals surface area contributed by atoms with Crippen molar-refractivity contribution in [1.82, 2.24) is 5.32 Å². The quantitative estimate of drug-likeness (QED) is 0.126. The fraction of sp³-hybridized carbons (Fsp3) is 0.308. The average molecular weight is 619 g/mol. The van der Waals surface area contributed by atoms with Gasteiger partial charge in [0.05, 0.1) is 14.2 Å². The number of ether oxygens (including phenoxy) is 2. The lowest BCUT2D eigenvalue weighted by molar-refractivity contribution is -0.125.